The third kappa shape index (κ3) is 2.70. The summed E-state index contributed by atoms with van der Waals surface area (Å²) in [5.74, 6) is -0.553. The second-order valence-corrected chi connectivity index (χ2v) is 6.99. The third-order valence-electron chi connectivity index (χ3n) is 4.86. The Balaban J connectivity index is 1.88. The van der Waals surface area contributed by atoms with Crippen LogP contribution in [0.2, 0.25) is 0 Å². The van der Waals surface area contributed by atoms with Crippen LogP contribution in [0, 0.1) is 6.92 Å². The van der Waals surface area contributed by atoms with Gasteiger partial charge in [-0.05, 0) is 48.9 Å². The van der Waals surface area contributed by atoms with Gasteiger partial charge in [-0.15, -0.1) is 0 Å². The molecule has 0 saturated heterocycles. The van der Waals surface area contributed by atoms with E-state index >= 15 is 0 Å². The first-order valence-corrected chi connectivity index (χ1v) is 8.87. The van der Waals surface area contributed by atoms with Crippen molar-refractivity contribution in [3.8, 4) is 0 Å². The van der Waals surface area contributed by atoms with Gasteiger partial charge in [0.25, 0.3) is 5.91 Å². The Hall–Kier alpha value is -3.67. The third-order valence-corrected chi connectivity index (χ3v) is 4.86. The van der Waals surface area contributed by atoms with E-state index < -0.39 is 0 Å². The summed E-state index contributed by atoms with van der Waals surface area (Å²) in [5, 5.41) is 0.317. The number of aryl methyl sites for hydroxylation is 1. The second-order valence-electron chi connectivity index (χ2n) is 6.99. The molecule has 1 amide bonds. The molecule has 0 aliphatic carbocycles. The molecule has 28 heavy (non-hydrogen) atoms. The number of ketones is 1. The molecule has 4 aromatic rings. The monoisotopic (exact) mass is 373 g/mol. The van der Waals surface area contributed by atoms with E-state index in [0.717, 1.165) is 11.1 Å². The van der Waals surface area contributed by atoms with Gasteiger partial charge in [0, 0.05) is 48.5 Å². The Bertz CT molecular complexity index is 1310. The average molecular weight is 373 g/mol. The smallest absolute Gasteiger partial charge is 0.258 e. The topological polar surface area (TPSA) is 74.7 Å². The Labute approximate surface area is 161 Å². The van der Waals surface area contributed by atoms with E-state index in [0.29, 0.717) is 22.2 Å². The molecule has 1 N–H and O–H groups in total. The first-order valence-electron chi connectivity index (χ1n) is 8.87. The number of hydrogen-bond acceptors (Lipinski definition) is 3. The minimum atomic E-state index is -0.390. The normalized spacial score (nSPS) is 11.1. The summed E-state index contributed by atoms with van der Waals surface area (Å²) in [6.07, 6.45) is 3.26. The van der Waals surface area contributed by atoms with Gasteiger partial charge < -0.3 is 14.3 Å². The quantitative estimate of drug-likeness (QED) is 0.561. The lowest BCUT2D eigenvalue weighted by atomic mass is 10.0. The molecule has 3 heterocycles. The van der Waals surface area contributed by atoms with Crippen LogP contribution in [0.3, 0.4) is 0 Å². The molecule has 0 bridgehead atoms. The number of rotatable bonds is 3. The predicted molar refractivity (Wildman–Crippen MR) is 108 cm³/mol. The lowest BCUT2D eigenvalue weighted by Crippen LogP contribution is -2.27. The molecule has 0 atom stereocenters. The maximum absolute atomic E-state index is 13.2. The molecule has 0 saturated carbocycles. The van der Waals surface area contributed by atoms with Gasteiger partial charge in [0.15, 0.2) is 0 Å². The van der Waals surface area contributed by atoms with E-state index in [1.54, 1.807) is 32.3 Å². The largest absolute Gasteiger partial charge is 0.360 e. The molecule has 0 fully saturated rings. The zero-order valence-electron chi connectivity index (χ0n) is 15.8. The van der Waals surface area contributed by atoms with Crippen LogP contribution in [0.1, 0.15) is 32.0 Å². The number of H-pyrrole nitrogens is 1. The van der Waals surface area contributed by atoms with Crippen LogP contribution in [0.5, 0.6) is 0 Å². The number of pyridine rings is 2. The number of fused-ring (bicyclic) bond motifs is 2. The Morgan fingerprint density at radius 3 is 2.61 bits per heavy atom. The average Bonchev–Trinajstić information content (AvgIpc) is 3.02. The molecule has 1 aromatic carbocycles. The Morgan fingerprint density at radius 1 is 1.07 bits per heavy atom. The number of amides is 1. The molecule has 6 nitrogen and oxygen atoms in total. The summed E-state index contributed by atoms with van der Waals surface area (Å²) >= 11 is 0. The van der Waals surface area contributed by atoms with E-state index in [9.17, 15) is 14.4 Å². The van der Waals surface area contributed by atoms with E-state index in [2.05, 4.69) is 4.98 Å². The molecular formula is C22H19N3O3. The van der Waals surface area contributed by atoms with Crippen LogP contribution in [0.25, 0.3) is 16.4 Å². The summed E-state index contributed by atoms with van der Waals surface area (Å²) in [6.45, 7) is 1.89. The highest BCUT2D eigenvalue weighted by Crippen LogP contribution is 2.21. The summed E-state index contributed by atoms with van der Waals surface area (Å²) in [5.41, 5.74) is 2.99. The summed E-state index contributed by atoms with van der Waals surface area (Å²) in [4.78, 5) is 42.6. The van der Waals surface area contributed by atoms with E-state index in [1.165, 1.54) is 11.1 Å². The number of hydrogen-bond donors (Lipinski definition) is 1. The highest BCUT2D eigenvalue weighted by atomic mass is 16.2. The highest BCUT2D eigenvalue weighted by molar-refractivity contribution is 6.11. The zero-order valence-corrected chi connectivity index (χ0v) is 15.8. The number of aromatic nitrogens is 2. The zero-order chi connectivity index (χ0) is 20.0. The van der Waals surface area contributed by atoms with Crippen molar-refractivity contribution in [1.29, 1.82) is 0 Å². The number of benzene rings is 1. The van der Waals surface area contributed by atoms with E-state index in [4.69, 9.17) is 0 Å². The predicted octanol–water partition coefficient (Wildman–Crippen LogP) is 3.02. The molecule has 3 aromatic heterocycles. The fraction of sp³-hybridized carbons (Fsp3) is 0.136. The molecular weight excluding hydrogens is 354 g/mol. The van der Waals surface area contributed by atoms with Gasteiger partial charge in [-0.25, -0.2) is 0 Å². The van der Waals surface area contributed by atoms with Crippen LogP contribution in [0.4, 0.5) is 0 Å². The fourth-order valence-corrected chi connectivity index (χ4v) is 3.44. The van der Waals surface area contributed by atoms with Crippen LogP contribution in [-0.4, -0.2) is 40.1 Å². The lowest BCUT2D eigenvalue weighted by molar-refractivity contribution is 0.0826. The van der Waals surface area contributed by atoms with Gasteiger partial charge in [-0.2, -0.15) is 0 Å². The molecule has 6 heteroatoms. The van der Waals surface area contributed by atoms with Crippen LogP contribution < -0.4 is 5.43 Å². The van der Waals surface area contributed by atoms with Crippen molar-refractivity contribution in [2.75, 3.05) is 14.1 Å². The van der Waals surface area contributed by atoms with Crippen molar-refractivity contribution < 1.29 is 9.59 Å². The van der Waals surface area contributed by atoms with Crippen molar-refractivity contribution in [2.45, 2.75) is 6.92 Å². The van der Waals surface area contributed by atoms with Gasteiger partial charge in [-0.3, -0.25) is 14.4 Å². The molecule has 0 aliphatic heterocycles. The van der Waals surface area contributed by atoms with Gasteiger partial charge in [-0.1, -0.05) is 6.07 Å². The van der Waals surface area contributed by atoms with Crippen molar-refractivity contribution >= 4 is 28.1 Å². The maximum Gasteiger partial charge on any atom is 0.258 e. The minimum Gasteiger partial charge on any atom is -0.360 e. The van der Waals surface area contributed by atoms with Crippen LogP contribution in [0.15, 0.2) is 59.7 Å². The molecule has 0 aliphatic rings. The second kappa shape index (κ2) is 6.49. The van der Waals surface area contributed by atoms with Crippen molar-refractivity contribution in [3.63, 3.8) is 0 Å². The SMILES string of the molecule is Cc1cc2ccccn2c1C(=O)c1ccc2[nH]cc(C(=O)N(C)C)c(=O)c2c1. The molecule has 140 valence electrons. The number of nitrogens with one attached hydrogen (secondary N) is 1. The maximum atomic E-state index is 13.2. The van der Waals surface area contributed by atoms with Gasteiger partial charge in [0.2, 0.25) is 11.2 Å². The van der Waals surface area contributed by atoms with Gasteiger partial charge in [0.1, 0.15) is 5.56 Å². The van der Waals surface area contributed by atoms with Gasteiger partial charge >= 0.3 is 0 Å². The lowest BCUT2D eigenvalue weighted by Gasteiger charge is -2.10. The van der Waals surface area contributed by atoms with E-state index in [-0.39, 0.29) is 22.7 Å². The number of aromatic amines is 1. The van der Waals surface area contributed by atoms with Crippen LogP contribution >= 0.6 is 0 Å². The summed E-state index contributed by atoms with van der Waals surface area (Å²) in [7, 11) is 3.18. The van der Waals surface area contributed by atoms with Crippen molar-refractivity contribution in [3.05, 3.63) is 87.5 Å². The molecule has 0 spiro atoms. The Kier molecular flexibility index (Phi) is 4.11. The van der Waals surface area contributed by atoms with Crippen LogP contribution in [-0.2, 0) is 0 Å². The van der Waals surface area contributed by atoms with E-state index in [1.807, 2.05) is 41.8 Å². The number of carbonyl (C=O) groups is 2. The first kappa shape index (κ1) is 17.7. The highest BCUT2D eigenvalue weighted by Gasteiger charge is 2.19. The molecule has 0 unspecified atom stereocenters. The molecule has 4 rings (SSSR count). The first-order chi connectivity index (χ1) is 13.4. The standard InChI is InChI=1S/C22H19N3O3/c1-13-10-15-6-4-5-9-25(15)19(13)20(26)14-7-8-18-16(11-14)21(27)17(12-23-18)22(28)24(2)3/h4-12H,1-3H3,(H,23,27). The Morgan fingerprint density at radius 2 is 1.86 bits per heavy atom. The van der Waals surface area contributed by atoms with Crippen molar-refractivity contribution in [2.24, 2.45) is 0 Å². The molecule has 0 radical (unpaired) electrons. The van der Waals surface area contributed by atoms with Gasteiger partial charge in [0.05, 0.1) is 5.69 Å². The number of nitrogens with zero attached hydrogens (tertiary/aromatic N) is 2. The van der Waals surface area contributed by atoms with Crippen molar-refractivity contribution in [1.82, 2.24) is 14.3 Å². The minimum absolute atomic E-state index is 0.0476. The summed E-state index contributed by atoms with van der Waals surface area (Å²) in [6, 6.07) is 12.6. The summed E-state index contributed by atoms with van der Waals surface area (Å²) < 4.78 is 1.85. The number of carbonyl (C=O) groups excluding carboxylic acids is 2. The fourth-order valence-electron chi connectivity index (χ4n) is 3.44.